The third kappa shape index (κ3) is 3.21. The van der Waals surface area contributed by atoms with Gasteiger partial charge in [-0.3, -0.25) is 14.5 Å². The monoisotopic (exact) mass is 479 g/mol. The van der Waals surface area contributed by atoms with Crippen LogP contribution in [0.3, 0.4) is 0 Å². The zero-order valence-electron chi connectivity index (χ0n) is 19.2. The normalized spacial score (nSPS) is 15.0. The fourth-order valence-corrected chi connectivity index (χ4v) is 4.96. The number of ether oxygens (including phenoxy) is 3. The van der Waals surface area contributed by atoms with E-state index in [9.17, 15) is 9.59 Å². The quantitative estimate of drug-likeness (QED) is 0.423. The van der Waals surface area contributed by atoms with Crippen LogP contribution in [0.2, 0.25) is 0 Å². The largest absolute Gasteiger partial charge is 0.493 e. The minimum atomic E-state index is -0.829. The molecule has 3 heterocycles. The first-order valence-electron chi connectivity index (χ1n) is 10.4. The lowest BCUT2D eigenvalue weighted by Gasteiger charge is -2.24. The van der Waals surface area contributed by atoms with Crippen LogP contribution < -0.4 is 24.5 Å². The summed E-state index contributed by atoms with van der Waals surface area (Å²) in [6, 6.07) is 7.90. The number of hydrogen-bond acceptors (Lipinski definition) is 9. The average molecular weight is 480 g/mol. The predicted molar refractivity (Wildman–Crippen MR) is 127 cm³/mol. The van der Waals surface area contributed by atoms with Crippen molar-refractivity contribution in [1.82, 2.24) is 10.2 Å². The summed E-state index contributed by atoms with van der Waals surface area (Å²) in [6.45, 7) is 3.69. The van der Waals surface area contributed by atoms with E-state index in [0.29, 0.717) is 43.9 Å². The molecule has 0 radical (unpaired) electrons. The molecular weight excluding hydrogens is 458 g/mol. The van der Waals surface area contributed by atoms with Gasteiger partial charge in [0, 0.05) is 0 Å². The molecule has 0 bridgehead atoms. The molecule has 5 rings (SSSR count). The molecule has 0 fully saturated rings. The second kappa shape index (κ2) is 8.14. The van der Waals surface area contributed by atoms with Gasteiger partial charge in [-0.2, -0.15) is 0 Å². The molecule has 0 saturated carbocycles. The Morgan fingerprint density at radius 1 is 0.971 bits per heavy atom. The summed E-state index contributed by atoms with van der Waals surface area (Å²) in [7, 11) is 4.52. The number of nitrogens with zero attached hydrogens (tertiary/aromatic N) is 3. The van der Waals surface area contributed by atoms with E-state index in [2.05, 4.69) is 10.2 Å². The molecule has 0 spiro atoms. The number of aryl methyl sites for hydroxylation is 2. The molecule has 2 aromatic carbocycles. The number of carbonyl (C=O) groups excluding carboxylic acids is 1. The molecule has 34 heavy (non-hydrogen) atoms. The van der Waals surface area contributed by atoms with E-state index in [1.807, 2.05) is 13.0 Å². The van der Waals surface area contributed by atoms with Crippen molar-refractivity contribution in [2.45, 2.75) is 19.9 Å². The van der Waals surface area contributed by atoms with E-state index in [1.54, 1.807) is 31.2 Å². The topological polar surface area (TPSA) is 104 Å². The number of benzene rings is 2. The number of amides is 1. The Balaban J connectivity index is 1.84. The molecule has 1 atom stereocenters. The highest BCUT2D eigenvalue weighted by Gasteiger charge is 2.45. The second-order valence-corrected chi connectivity index (χ2v) is 8.97. The average Bonchev–Trinajstić information content (AvgIpc) is 3.39. The lowest BCUT2D eigenvalue weighted by molar-refractivity contribution is 0.0970. The first kappa shape index (κ1) is 21.9. The van der Waals surface area contributed by atoms with Crippen molar-refractivity contribution in [2.24, 2.45) is 0 Å². The van der Waals surface area contributed by atoms with Gasteiger partial charge >= 0.3 is 0 Å². The van der Waals surface area contributed by atoms with Gasteiger partial charge in [0.05, 0.1) is 38.3 Å². The van der Waals surface area contributed by atoms with E-state index in [0.717, 1.165) is 5.56 Å². The third-order valence-corrected chi connectivity index (χ3v) is 6.59. The molecule has 0 N–H and O–H groups in total. The van der Waals surface area contributed by atoms with E-state index in [-0.39, 0.29) is 16.8 Å². The Morgan fingerprint density at radius 2 is 1.68 bits per heavy atom. The molecule has 4 aromatic rings. The second-order valence-electron chi connectivity index (χ2n) is 7.81. The minimum Gasteiger partial charge on any atom is -0.493 e. The molecule has 1 aliphatic heterocycles. The summed E-state index contributed by atoms with van der Waals surface area (Å²) >= 11 is 1.25. The molecule has 0 aliphatic carbocycles. The number of methoxy groups -OCH3 is 3. The van der Waals surface area contributed by atoms with E-state index >= 15 is 0 Å². The smallest absolute Gasteiger partial charge is 0.297 e. The Kier molecular flexibility index (Phi) is 5.24. The number of aromatic nitrogens is 2. The highest BCUT2D eigenvalue weighted by Crippen LogP contribution is 2.46. The summed E-state index contributed by atoms with van der Waals surface area (Å²) in [6.07, 6.45) is 0. The van der Waals surface area contributed by atoms with Crippen LogP contribution in [-0.2, 0) is 0 Å². The lowest BCUT2D eigenvalue weighted by atomic mass is 9.97. The molecule has 1 aliphatic rings. The highest BCUT2D eigenvalue weighted by atomic mass is 32.1. The van der Waals surface area contributed by atoms with Gasteiger partial charge in [-0.25, -0.2) is 0 Å². The van der Waals surface area contributed by atoms with Crippen molar-refractivity contribution < 1.29 is 23.4 Å². The van der Waals surface area contributed by atoms with Gasteiger partial charge in [-0.1, -0.05) is 23.0 Å². The first-order valence-corrected chi connectivity index (χ1v) is 11.2. The number of carbonyl (C=O) groups is 1. The van der Waals surface area contributed by atoms with Gasteiger partial charge in [0.2, 0.25) is 16.6 Å². The van der Waals surface area contributed by atoms with Crippen molar-refractivity contribution in [3.63, 3.8) is 0 Å². The van der Waals surface area contributed by atoms with Gasteiger partial charge in [-0.15, -0.1) is 10.2 Å². The number of rotatable bonds is 5. The summed E-state index contributed by atoms with van der Waals surface area (Å²) in [5, 5.41) is 9.69. The molecule has 1 amide bonds. The van der Waals surface area contributed by atoms with Crippen LogP contribution in [-0.4, -0.2) is 37.4 Å². The fourth-order valence-electron chi connectivity index (χ4n) is 4.24. The zero-order valence-corrected chi connectivity index (χ0v) is 20.0. The van der Waals surface area contributed by atoms with Crippen molar-refractivity contribution in [1.29, 1.82) is 0 Å². The van der Waals surface area contributed by atoms with E-state index < -0.39 is 11.9 Å². The van der Waals surface area contributed by atoms with Crippen LogP contribution in [0.15, 0.2) is 39.5 Å². The maximum atomic E-state index is 13.8. The molecule has 10 heteroatoms. The Morgan fingerprint density at radius 3 is 2.26 bits per heavy atom. The van der Waals surface area contributed by atoms with Crippen LogP contribution in [0.4, 0.5) is 5.13 Å². The summed E-state index contributed by atoms with van der Waals surface area (Å²) < 4.78 is 22.5. The van der Waals surface area contributed by atoms with Crippen LogP contribution in [0.25, 0.3) is 11.0 Å². The van der Waals surface area contributed by atoms with Crippen molar-refractivity contribution in [2.75, 3.05) is 26.2 Å². The molecule has 9 nitrogen and oxygen atoms in total. The Bertz CT molecular complexity index is 1480. The molecule has 2 aromatic heterocycles. The number of anilines is 1. The molecule has 0 saturated heterocycles. The molecule has 174 valence electrons. The van der Waals surface area contributed by atoms with Gasteiger partial charge < -0.3 is 18.6 Å². The van der Waals surface area contributed by atoms with Gasteiger partial charge in [0.15, 0.2) is 16.9 Å². The van der Waals surface area contributed by atoms with Crippen LogP contribution >= 0.6 is 11.3 Å². The Labute approximate surface area is 198 Å². The lowest BCUT2D eigenvalue weighted by Crippen LogP contribution is -2.29. The highest BCUT2D eigenvalue weighted by molar-refractivity contribution is 7.15. The number of hydrogen-bond donors (Lipinski definition) is 0. The van der Waals surface area contributed by atoms with Crippen molar-refractivity contribution in [3.8, 4) is 17.2 Å². The number of fused-ring (bicyclic) bond motifs is 2. The predicted octanol–water partition coefficient (Wildman–Crippen LogP) is 4.04. The maximum absolute atomic E-state index is 13.8. The van der Waals surface area contributed by atoms with Crippen LogP contribution in [0.1, 0.15) is 38.3 Å². The first-order chi connectivity index (χ1) is 16.4. The maximum Gasteiger partial charge on any atom is 0.297 e. The third-order valence-electron chi connectivity index (χ3n) is 5.75. The summed E-state index contributed by atoms with van der Waals surface area (Å²) in [4.78, 5) is 28.8. The van der Waals surface area contributed by atoms with Gasteiger partial charge in [0.25, 0.3) is 5.91 Å². The zero-order chi connectivity index (χ0) is 24.1. The van der Waals surface area contributed by atoms with Crippen molar-refractivity contribution >= 4 is 33.3 Å². The standard InChI is InChI=1S/C24H21N3O6S/c1-11-6-7-15-14(8-11)20(28)18-19(13-9-16(30-3)21(32-5)17(10-13)31-4)27(23(29)22(18)33-15)24-26-25-12(2)34-24/h6-10,19H,1-5H3/t19-/m0/s1. The van der Waals surface area contributed by atoms with E-state index in [1.165, 1.54) is 37.6 Å². The van der Waals surface area contributed by atoms with Crippen molar-refractivity contribution in [3.05, 3.63) is 68.0 Å². The minimum absolute atomic E-state index is 0.0204. The van der Waals surface area contributed by atoms with Crippen LogP contribution in [0, 0.1) is 13.8 Å². The van der Waals surface area contributed by atoms with E-state index in [4.69, 9.17) is 18.6 Å². The van der Waals surface area contributed by atoms with Gasteiger partial charge in [0.1, 0.15) is 10.6 Å². The Hall–Kier alpha value is -3.92. The molecular formula is C24H21N3O6S. The van der Waals surface area contributed by atoms with Gasteiger partial charge in [-0.05, 0) is 43.7 Å². The van der Waals surface area contributed by atoms with Crippen LogP contribution in [0.5, 0.6) is 17.2 Å². The molecule has 0 unspecified atom stereocenters. The fraction of sp³-hybridized carbons (Fsp3) is 0.250. The SMILES string of the molecule is COc1cc([C@H]2c3c(oc4ccc(C)cc4c3=O)C(=O)N2c2nnc(C)s2)cc(OC)c1OC. The summed E-state index contributed by atoms with van der Waals surface area (Å²) in [5.74, 6) is 0.703. The summed E-state index contributed by atoms with van der Waals surface area (Å²) in [5.41, 5.74) is 1.78.